The van der Waals surface area contributed by atoms with Gasteiger partial charge in [-0.3, -0.25) is 14.4 Å². The fourth-order valence-corrected chi connectivity index (χ4v) is 3.98. The van der Waals surface area contributed by atoms with Crippen molar-refractivity contribution >= 4 is 17.9 Å². The number of carbonyl (C=O) groups is 3. The molecule has 9 heteroatoms. The summed E-state index contributed by atoms with van der Waals surface area (Å²) in [6.45, 7) is 5.46. The summed E-state index contributed by atoms with van der Waals surface area (Å²) in [5.74, 6) is -0.948. The first-order chi connectivity index (χ1) is 19.9. The maximum absolute atomic E-state index is 11.7. The van der Waals surface area contributed by atoms with Crippen molar-refractivity contribution in [1.29, 1.82) is 0 Å². The van der Waals surface area contributed by atoms with Crippen LogP contribution in [0.25, 0.3) is 0 Å². The second kappa shape index (κ2) is 32.8. The van der Waals surface area contributed by atoms with Gasteiger partial charge in [-0.25, -0.2) is 0 Å². The highest BCUT2D eigenvalue weighted by atomic mass is 16.6. The number of unbranched alkanes of at least 4 members (excludes halogenated alkanes) is 14. The molecular weight excluding hydrogens is 528 g/mol. The molecule has 9 nitrogen and oxygen atoms in total. The molecule has 1 atom stereocenters. The Morgan fingerprint density at radius 2 is 0.780 bits per heavy atom. The summed E-state index contributed by atoms with van der Waals surface area (Å²) < 4.78 is 15.1. The molecule has 0 radical (unpaired) electrons. The van der Waals surface area contributed by atoms with Crippen LogP contribution in [0.2, 0.25) is 0 Å². The maximum Gasteiger partial charge on any atom is 0.306 e. The molecule has 0 aromatic rings. The van der Waals surface area contributed by atoms with Gasteiger partial charge in [0.15, 0.2) is 6.10 Å². The van der Waals surface area contributed by atoms with Gasteiger partial charge in [-0.2, -0.15) is 0 Å². The number of hydrogen-bond donors (Lipinski definition) is 3. The van der Waals surface area contributed by atoms with Gasteiger partial charge in [0.25, 0.3) is 0 Å². The zero-order chi connectivity index (χ0) is 31.0. The van der Waals surface area contributed by atoms with Crippen LogP contribution in [0.3, 0.4) is 0 Å². The first-order valence-corrected chi connectivity index (χ1v) is 16.2. The predicted octanol–water partition coefficient (Wildman–Crippen LogP) is 6.18. The van der Waals surface area contributed by atoms with E-state index in [1.165, 1.54) is 51.4 Å². The van der Waals surface area contributed by atoms with Crippen molar-refractivity contribution < 1.29 is 43.9 Å². The van der Waals surface area contributed by atoms with Crippen LogP contribution in [0.5, 0.6) is 0 Å². The summed E-state index contributed by atoms with van der Waals surface area (Å²) in [6.07, 6.45) is 18.3. The summed E-state index contributed by atoms with van der Waals surface area (Å²) in [5.41, 5.74) is 0. The van der Waals surface area contributed by atoms with Gasteiger partial charge in [0, 0.05) is 19.3 Å². The van der Waals surface area contributed by atoms with Gasteiger partial charge in [0.1, 0.15) is 12.7 Å². The smallest absolute Gasteiger partial charge is 0.306 e. The molecule has 0 amide bonds. The van der Waals surface area contributed by atoms with Crippen LogP contribution in [-0.2, 0) is 28.6 Å². The minimum atomic E-state index is -0.757. The number of ether oxygens (including phenoxy) is 3. The lowest BCUT2D eigenvalue weighted by atomic mass is 10.1. The molecule has 41 heavy (non-hydrogen) atoms. The van der Waals surface area contributed by atoms with E-state index in [9.17, 15) is 19.5 Å². The third-order valence-electron chi connectivity index (χ3n) is 6.59. The molecule has 0 aromatic heterocycles. The van der Waals surface area contributed by atoms with Crippen LogP contribution in [0.4, 0.5) is 0 Å². The number of esters is 3. The predicted molar refractivity (Wildman–Crippen MR) is 161 cm³/mol. The van der Waals surface area contributed by atoms with Gasteiger partial charge in [-0.05, 0) is 19.3 Å². The molecule has 0 aliphatic carbocycles. The summed E-state index contributed by atoms with van der Waals surface area (Å²) >= 11 is 0. The van der Waals surface area contributed by atoms with E-state index in [0.717, 1.165) is 57.8 Å². The maximum atomic E-state index is 11.7. The lowest BCUT2D eigenvalue weighted by molar-refractivity contribution is -0.161. The molecule has 0 saturated heterocycles. The highest BCUT2D eigenvalue weighted by Gasteiger charge is 2.16. The quantitative estimate of drug-likeness (QED) is 0.0581. The van der Waals surface area contributed by atoms with E-state index < -0.39 is 12.2 Å². The van der Waals surface area contributed by atoms with Gasteiger partial charge >= 0.3 is 17.9 Å². The molecular formula is C32H62O9. The van der Waals surface area contributed by atoms with Gasteiger partial charge < -0.3 is 29.5 Å². The van der Waals surface area contributed by atoms with Crippen molar-refractivity contribution in [2.24, 2.45) is 0 Å². The van der Waals surface area contributed by atoms with Crippen molar-refractivity contribution in [2.75, 3.05) is 26.4 Å². The normalized spacial score (nSPS) is 11.5. The summed E-state index contributed by atoms with van der Waals surface area (Å²) in [6, 6.07) is 0. The van der Waals surface area contributed by atoms with Crippen molar-refractivity contribution in [3.63, 3.8) is 0 Å². The third kappa shape index (κ3) is 31.1. The van der Waals surface area contributed by atoms with Crippen molar-refractivity contribution in [2.45, 2.75) is 161 Å². The van der Waals surface area contributed by atoms with Gasteiger partial charge in [0.2, 0.25) is 0 Å². The molecule has 0 aliphatic rings. The number of rotatable bonds is 27. The van der Waals surface area contributed by atoms with Gasteiger partial charge in [-0.15, -0.1) is 0 Å². The zero-order valence-electron chi connectivity index (χ0n) is 26.4. The van der Waals surface area contributed by atoms with E-state index in [2.05, 4.69) is 20.8 Å². The Morgan fingerprint density at radius 1 is 0.463 bits per heavy atom. The summed E-state index contributed by atoms with van der Waals surface area (Å²) in [7, 11) is 0. The van der Waals surface area contributed by atoms with Gasteiger partial charge in [-0.1, -0.05) is 111 Å². The number of carbonyl (C=O) groups excluding carboxylic acids is 3. The second-order valence-electron chi connectivity index (χ2n) is 10.7. The first kappa shape index (κ1) is 41.4. The molecule has 0 aliphatic heterocycles. The van der Waals surface area contributed by atoms with E-state index in [-0.39, 0.29) is 44.3 Å². The number of aliphatic hydroxyl groups excluding tert-OH is 3. The van der Waals surface area contributed by atoms with Crippen LogP contribution >= 0.6 is 0 Å². The fourth-order valence-electron chi connectivity index (χ4n) is 3.98. The van der Waals surface area contributed by atoms with E-state index in [4.69, 9.17) is 24.4 Å². The lowest BCUT2D eigenvalue weighted by Crippen LogP contribution is -2.28. The molecule has 1 unspecified atom stereocenters. The third-order valence-corrected chi connectivity index (χ3v) is 6.59. The lowest BCUT2D eigenvalue weighted by Gasteiger charge is -2.15. The van der Waals surface area contributed by atoms with Crippen molar-refractivity contribution in [3.8, 4) is 0 Å². The highest BCUT2D eigenvalue weighted by Crippen LogP contribution is 2.10. The zero-order valence-corrected chi connectivity index (χ0v) is 26.4. The molecule has 0 rings (SSSR count). The Balaban J connectivity index is 0. The molecule has 0 heterocycles. The molecule has 0 spiro atoms. The van der Waals surface area contributed by atoms with E-state index >= 15 is 0 Å². The largest absolute Gasteiger partial charge is 0.462 e. The topological polar surface area (TPSA) is 140 Å². The molecule has 3 N–H and O–H groups in total. The van der Waals surface area contributed by atoms with Crippen LogP contribution < -0.4 is 0 Å². The SMILES string of the molecule is CCCCCCCCC(=O)OC(CO)CO.CCCCCCCCC(=O)OC(CO)COC(=O)CCCCCCC. The minimum Gasteiger partial charge on any atom is -0.462 e. The molecule has 0 aromatic carbocycles. The van der Waals surface area contributed by atoms with Crippen LogP contribution in [0.1, 0.15) is 149 Å². The minimum absolute atomic E-state index is 0.0630. The molecule has 244 valence electrons. The van der Waals surface area contributed by atoms with Crippen LogP contribution in [-0.4, -0.2) is 71.9 Å². The van der Waals surface area contributed by atoms with E-state index in [0.29, 0.717) is 19.3 Å². The summed E-state index contributed by atoms with van der Waals surface area (Å²) in [5, 5.41) is 26.7. The standard InChI is InChI=1S/C20H38O5.C12H24O4/c1-3-5-7-9-11-13-15-20(23)25-18(16-21)17-24-19(22)14-12-10-8-6-4-2;1-2-3-4-5-6-7-8-12(15)16-11(9-13)10-14/h18,21H,3-17H2,1-2H3;11,13-14H,2-10H2,1H3. The number of aliphatic hydroxyl groups is 3. The van der Waals surface area contributed by atoms with Crippen LogP contribution in [0, 0.1) is 0 Å². The van der Waals surface area contributed by atoms with Crippen LogP contribution in [0.15, 0.2) is 0 Å². The van der Waals surface area contributed by atoms with Gasteiger partial charge in [0.05, 0.1) is 19.8 Å². The highest BCUT2D eigenvalue weighted by molar-refractivity contribution is 5.70. The molecule has 0 saturated carbocycles. The van der Waals surface area contributed by atoms with Crippen molar-refractivity contribution in [3.05, 3.63) is 0 Å². The Bertz CT molecular complexity index is 594. The molecule has 0 bridgehead atoms. The Labute approximate surface area is 249 Å². The second-order valence-corrected chi connectivity index (χ2v) is 10.7. The Morgan fingerprint density at radius 3 is 1.15 bits per heavy atom. The summed E-state index contributed by atoms with van der Waals surface area (Å²) in [4.78, 5) is 34.6. The first-order valence-electron chi connectivity index (χ1n) is 16.2. The average molecular weight is 591 g/mol. The Hall–Kier alpha value is -1.71. The Kier molecular flexibility index (Phi) is 33.1. The van der Waals surface area contributed by atoms with E-state index in [1.54, 1.807) is 0 Å². The monoisotopic (exact) mass is 590 g/mol. The van der Waals surface area contributed by atoms with E-state index in [1.807, 2.05) is 0 Å². The number of hydrogen-bond acceptors (Lipinski definition) is 9. The fraction of sp³-hybridized carbons (Fsp3) is 0.906. The van der Waals surface area contributed by atoms with Crippen molar-refractivity contribution in [1.82, 2.24) is 0 Å². The average Bonchev–Trinajstić information content (AvgIpc) is 2.97. The molecule has 0 fully saturated rings.